The summed E-state index contributed by atoms with van der Waals surface area (Å²) in [7, 11) is 0. The van der Waals surface area contributed by atoms with Crippen LogP contribution in [0.5, 0.6) is 0 Å². The third kappa shape index (κ3) is 6.53. The lowest BCUT2D eigenvalue weighted by molar-refractivity contribution is -0.136. The van der Waals surface area contributed by atoms with Crippen molar-refractivity contribution in [2.24, 2.45) is 11.3 Å². The lowest BCUT2D eigenvalue weighted by Gasteiger charge is -2.27. The van der Waals surface area contributed by atoms with E-state index in [2.05, 4.69) is 20.9 Å². The van der Waals surface area contributed by atoms with Gasteiger partial charge in [-0.05, 0) is 36.8 Å². The van der Waals surface area contributed by atoms with Crippen LogP contribution in [0.3, 0.4) is 0 Å². The number of halogens is 3. The molecule has 0 unspecified atom stereocenters. The van der Waals surface area contributed by atoms with Crippen LogP contribution in [-0.2, 0) is 15.8 Å². The summed E-state index contributed by atoms with van der Waals surface area (Å²) in [5, 5.41) is 17.6. The molecule has 1 aromatic heterocycles. The smallest absolute Gasteiger partial charge is 0.356 e. The molecule has 1 aromatic carbocycles. The molecular formula is C24H28F3N5O3. The van der Waals surface area contributed by atoms with Crippen LogP contribution in [0.1, 0.15) is 56.1 Å². The van der Waals surface area contributed by atoms with E-state index in [-0.39, 0.29) is 41.3 Å². The number of carbonyl (C=O) groups is 3. The molecule has 0 aliphatic carbocycles. The van der Waals surface area contributed by atoms with Crippen molar-refractivity contribution in [3.8, 4) is 6.07 Å². The highest BCUT2D eigenvalue weighted by Gasteiger charge is 2.34. The maximum Gasteiger partial charge on any atom is 0.418 e. The summed E-state index contributed by atoms with van der Waals surface area (Å²) in [4.78, 5) is 40.3. The van der Waals surface area contributed by atoms with E-state index >= 15 is 0 Å². The quantitative estimate of drug-likeness (QED) is 0.474. The van der Waals surface area contributed by atoms with Gasteiger partial charge < -0.3 is 20.9 Å². The molecule has 35 heavy (non-hydrogen) atoms. The Kier molecular flexibility index (Phi) is 7.43. The van der Waals surface area contributed by atoms with Gasteiger partial charge in [-0.1, -0.05) is 32.9 Å². The Labute approximate surface area is 200 Å². The van der Waals surface area contributed by atoms with Crippen LogP contribution < -0.4 is 16.0 Å². The largest absolute Gasteiger partial charge is 0.418 e. The van der Waals surface area contributed by atoms with E-state index in [0.717, 1.165) is 6.07 Å². The van der Waals surface area contributed by atoms with Gasteiger partial charge >= 0.3 is 6.18 Å². The van der Waals surface area contributed by atoms with E-state index in [1.807, 2.05) is 26.8 Å². The van der Waals surface area contributed by atoms with Gasteiger partial charge in [0.2, 0.25) is 11.8 Å². The van der Waals surface area contributed by atoms with Crippen molar-refractivity contribution in [3.05, 3.63) is 35.5 Å². The van der Waals surface area contributed by atoms with Gasteiger partial charge in [0.25, 0.3) is 5.91 Å². The molecule has 3 amide bonds. The van der Waals surface area contributed by atoms with E-state index in [4.69, 9.17) is 0 Å². The Morgan fingerprint density at radius 1 is 1.23 bits per heavy atom. The first kappa shape index (κ1) is 26.1. The van der Waals surface area contributed by atoms with Crippen LogP contribution in [0, 0.1) is 22.7 Å². The van der Waals surface area contributed by atoms with E-state index in [0.29, 0.717) is 13.0 Å². The number of fused-ring (bicyclic) bond motifs is 1. The van der Waals surface area contributed by atoms with Crippen molar-refractivity contribution >= 4 is 28.6 Å². The number of para-hydroxylation sites is 1. The average Bonchev–Trinajstić information content (AvgIpc) is 3.36. The standard InChI is InChI=1S/C24H28F3N5O3/c1-23(2,3)11-18(22(35)30-15(12-28)9-14-7-8-29-20(14)33)32-21(34)17-10-13-5-4-6-16(19(13)31-17)24(25,26)27/h4-6,10,14-15,18,31H,7-9,11H2,1-3H3,(H,29,33)(H,30,35)(H,32,34)/t14-,15-,18-/m0/s1. The number of aromatic amines is 1. The predicted octanol–water partition coefficient (Wildman–Crippen LogP) is 3.26. The molecule has 0 spiro atoms. The van der Waals surface area contributed by atoms with Gasteiger partial charge in [-0.15, -0.1) is 0 Å². The van der Waals surface area contributed by atoms with Crippen LogP contribution in [0.25, 0.3) is 10.9 Å². The Morgan fingerprint density at radius 2 is 1.94 bits per heavy atom. The summed E-state index contributed by atoms with van der Waals surface area (Å²) < 4.78 is 40.0. The first-order valence-electron chi connectivity index (χ1n) is 11.3. The molecule has 0 radical (unpaired) electrons. The fourth-order valence-electron chi connectivity index (χ4n) is 4.14. The van der Waals surface area contributed by atoms with Gasteiger partial charge in [0, 0.05) is 17.8 Å². The molecule has 4 N–H and O–H groups in total. The third-order valence-corrected chi connectivity index (χ3v) is 5.80. The van der Waals surface area contributed by atoms with Gasteiger partial charge in [0.05, 0.1) is 17.1 Å². The van der Waals surface area contributed by atoms with Crippen LogP contribution in [0.4, 0.5) is 13.2 Å². The Balaban J connectivity index is 1.78. The molecule has 188 valence electrons. The zero-order valence-electron chi connectivity index (χ0n) is 19.7. The SMILES string of the molecule is CC(C)(C)C[C@H](NC(=O)c1cc2cccc(C(F)(F)F)c2[nH]1)C(=O)N[C@H](C#N)C[C@@H]1CCNC1=O. The van der Waals surface area contributed by atoms with Crippen molar-refractivity contribution < 1.29 is 27.6 Å². The maximum absolute atomic E-state index is 13.3. The number of nitriles is 1. The first-order valence-corrected chi connectivity index (χ1v) is 11.3. The topological polar surface area (TPSA) is 127 Å². The molecule has 1 fully saturated rings. The van der Waals surface area contributed by atoms with Gasteiger partial charge in [0.1, 0.15) is 17.8 Å². The first-order chi connectivity index (χ1) is 16.3. The van der Waals surface area contributed by atoms with Crippen LogP contribution in [-0.4, -0.2) is 41.3 Å². The van der Waals surface area contributed by atoms with Gasteiger partial charge in [0.15, 0.2) is 0 Å². The number of H-pyrrole nitrogens is 1. The van der Waals surface area contributed by atoms with E-state index in [9.17, 15) is 32.8 Å². The summed E-state index contributed by atoms with van der Waals surface area (Å²) in [5.41, 5.74) is -1.64. The Hall–Kier alpha value is -3.55. The van der Waals surface area contributed by atoms with Gasteiger partial charge in [-0.2, -0.15) is 18.4 Å². The fraction of sp³-hybridized carbons (Fsp3) is 0.500. The highest BCUT2D eigenvalue weighted by atomic mass is 19.4. The summed E-state index contributed by atoms with van der Waals surface area (Å²) in [6.45, 7) is 6.10. The lowest BCUT2D eigenvalue weighted by atomic mass is 9.87. The Bertz CT molecular complexity index is 1160. The van der Waals surface area contributed by atoms with Gasteiger partial charge in [-0.3, -0.25) is 14.4 Å². The predicted molar refractivity (Wildman–Crippen MR) is 122 cm³/mol. The van der Waals surface area contributed by atoms with E-state index in [1.54, 1.807) is 0 Å². The number of benzene rings is 1. The normalized spacial score (nSPS) is 18.0. The molecule has 1 aliphatic rings. The highest BCUT2D eigenvalue weighted by molar-refractivity contribution is 6.00. The average molecular weight is 492 g/mol. The lowest BCUT2D eigenvalue weighted by Crippen LogP contribution is -2.51. The molecule has 3 rings (SSSR count). The molecule has 8 nitrogen and oxygen atoms in total. The second kappa shape index (κ2) is 9.98. The molecular weight excluding hydrogens is 463 g/mol. The molecule has 1 aliphatic heterocycles. The van der Waals surface area contributed by atoms with Crippen molar-refractivity contribution in [2.75, 3.05) is 6.54 Å². The maximum atomic E-state index is 13.3. The molecule has 2 aromatic rings. The zero-order valence-corrected chi connectivity index (χ0v) is 19.7. The number of rotatable bonds is 7. The molecule has 0 saturated carbocycles. The number of hydrogen-bond acceptors (Lipinski definition) is 4. The zero-order chi connectivity index (χ0) is 26.0. The van der Waals surface area contributed by atoms with Crippen molar-refractivity contribution in [1.82, 2.24) is 20.9 Å². The molecule has 1 saturated heterocycles. The monoisotopic (exact) mass is 491 g/mol. The molecule has 2 heterocycles. The highest BCUT2D eigenvalue weighted by Crippen LogP contribution is 2.34. The van der Waals surface area contributed by atoms with Gasteiger partial charge in [-0.25, -0.2) is 0 Å². The second-order valence-corrected chi connectivity index (χ2v) is 9.94. The summed E-state index contributed by atoms with van der Waals surface area (Å²) in [5.74, 6) is -1.91. The number of nitrogens with one attached hydrogen (secondary N) is 4. The minimum absolute atomic E-state index is 0.122. The number of carbonyl (C=O) groups excluding carboxylic acids is 3. The summed E-state index contributed by atoms with van der Waals surface area (Å²) in [6, 6.07) is 4.92. The molecule has 3 atom stereocenters. The van der Waals surface area contributed by atoms with Crippen molar-refractivity contribution in [1.29, 1.82) is 5.26 Å². The minimum atomic E-state index is -4.60. The van der Waals surface area contributed by atoms with Crippen LogP contribution >= 0.6 is 0 Å². The van der Waals surface area contributed by atoms with E-state index < -0.39 is 41.1 Å². The second-order valence-electron chi connectivity index (χ2n) is 9.94. The van der Waals surface area contributed by atoms with E-state index in [1.165, 1.54) is 18.2 Å². The minimum Gasteiger partial charge on any atom is -0.356 e. The fourth-order valence-corrected chi connectivity index (χ4v) is 4.14. The van der Waals surface area contributed by atoms with Crippen LogP contribution in [0.15, 0.2) is 24.3 Å². The molecule has 11 heteroatoms. The molecule has 0 bridgehead atoms. The van der Waals surface area contributed by atoms with Crippen molar-refractivity contribution in [3.63, 3.8) is 0 Å². The number of hydrogen-bond donors (Lipinski definition) is 4. The van der Waals surface area contributed by atoms with Crippen LogP contribution in [0.2, 0.25) is 0 Å². The summed E-state index contributed by atoms with van der Waals surface area (Å²) >= 11 is 0. The number of amides is 3. The number of alkyl halides is 3. The number of aromatic nitrogens is 1. The summed E-state index contributed by atoms with van der Waals surface area (Å²) in [6.07, 6.45) is -3.68. The third-order valence-electron chi connectivity index (χ3n) is 5.80. The Morgan fingerprint density at radius 3 is 2.51 bits per heavy atom. The van der Waals surface area contributed by atoms with Crippen molar-refractivity contribution in [2.45, 2.75) is 58.3 Å². The number of nitrogens with zero attached hydrogens (tertiary/aromatic N) is 1.